The van der Waals surface area contributed by atoms with Crippen LogP contribution in [0, 0.1) is 5.92 Å². The number of aromatic nitrogens is 2. The number of methoxy groups -OCH3 is 1. The Hall–Kier alpha value is -1.69. The Labute approximate surface area is 112 Å². The molecule has 1 aromatic heterocycles. The highest BCUT2D eigenvalue weighted by molar-refractivity contribution is 5.86. The summed E-state index contributed by atoms with van der Waals surface area (Å²) in [6.07, 6.45) is 2.14. The summed E-state index contributed by atoms with van der Waals surface area (Å²) in [7, 11) is 1.33. The molecule has 1 aromatic rings. The molecule has 104 valence electrons. The molecule has 0 spiro atoms. The van der Waals surface area contributed by atoms with Gasteiger partial charge in [-0.05, 0) is 37.8 Å². The van der Waals surface area contributed by atoms with Crippen LogP contribution in [0.15, 0.2) is 12.1 Å². The van der Waals surface area contributed by atoms with E-state index in [4.69, 9.17) is 5.73 Å². The van der Waals surface area contributed by atoms with Crippen LogP contribution in [0.25, 0.3) is 0 Å². The van der Waals surface area contributed by atoms with E-state index in [1.165, 1.54) is 7.11 Å². The fourth-order valence-electron chi connectivity index (χ4n) is 2.36. The lowest BCUT2D eigenvalue weighted by Gasteiger charge is -2.34. The smallest absolute Gasteiger partial charge is 0.358 e. The molecule has 1 aliphatic heterocycles. The molecule has 0 radical (unpaired) electrons. The van der Waals surface area contributed by atoms with Crippen molar-refractivity contribution in [3.8, 4) is 0 Å². The third-order valence-electron chi connectivity index (χ3n) is 3.65. The number of esters is 1. The van der Waals surface area contributed by atoms with E-state index in [2.05, 4.69) is 26.8 Å². The Morgan fingerprint density at radius 3 is 2.58 bits per heavy atom. The highest BCUT2D eigenvalue weighted by Gasteiger charge is 2.23. The summed E-state index contributed by atoms with van der Waals surface area (Å²) in [6.45, 7) is 3.92. The largest absolute Gasteiger partial charge is 0.464 e. The number of nitrogens with two attached hydrogens (primary N) is 1. The zero-order valence-electron chi connectivity index (χ0n) is 11.4. The van der Waals surface area contributed by atoms with Gasteiger partial charge in [0.15, 0.2) is 11.5 Å². The predicted molar refractivity (Wildman–Crippen MR) is 72.0 cm³/mol. The molecule has 2 heterocycles. The van der Waals surface area contributed by atoms with Crippen LogP contribution in [0.4, 0.5) is 5.82 Å². The molecule has 1 unspecified atom stereocenters. The highest BCUT2D eigenvalue weighted by Crippen LogP contribution is 2.23. The highest BCUT2D eigenvalue weighted by atomic mass is 16.5. The average Bonchev–Trinajstić information content (AvgIpc) is 2.46. The second-order valence-corrected chi connectivity index (χ2v) is 4.95. The van der Waals surface area contributed by atoms with Crippen LogP contribution in [0.1, 0.15) is 30.3 Å². The molecule has 1 fully saturated rings. The number of rotatable bonds is 3. The lowest BCUT2D eigenvalue weighted by Crippen LogP contribution is -2.40. The Balaban J connectivity index is 1.98. The van der Waals surface area contributed by atoms with E-state index in [-0.39, 0.29) is 11.7 Å². The van der Waals surface area contributed by atoms with Gasteiger partial charge in [0, 0.05) is 19.1 Å². The van der Waals surface area contributed by atoms with Crippen LogP contribution in [-0.2, 0) is 4.74 Å². The number of carbonyl (C=O) groups excluding carboxylic acids is 1. The second kappa shape index (κ2) is 5.97. The molecule has 19 heavy (non-hydrogen) atoms. The van der Waals surface area contributed by atoms with Crippen molar-refractivity contribution in [1.29, 1.82) is 0 Å². The topological polar surface area (TPSA) is 81.3 Å². The van der Waals surface area contributed by atoms with Crippen LogP contribution in [-0.4, -0.2) is 42.4 Å². The molecule has 6 nitrogen and oxygen atoms in total. The summed E-state index contributed by atoms with van der Waals surface area (Å²) < 4.78 is 4.59. The number of carbonyl (C=O) groups is 1. The maximum absolute atomic E-state index is 11.3. The molecule has 1 aliphatic rings. The Kier molecular flexibility index (Phi) is 4.31. The van der Waals surface area contributed by atoms with Crippen LogP contribution >= 0.6 is 0 Å². The monoisotopic (exact) mass is 264 g/mol. The first kappa shape index (κ1) is 13.7. The van der Waals surface area contributed by atoms with Crippen molar-refractivity contribution in [3.63, 3.8) is 0 Å². The number of hydrogen-bond donors (Lipinski definition) is 1. The summed E-state index contributed by atoms with van der Waals surface area (Å²) in [5.41, 5.74) is 6.15. The summed E-state index contributed by atoms with van der Waals surface area (Å²) in [6, 6.07) is 3.70. The molecule has 2 N–H and O–H groups in total. The predicted octanol–water partition coefficient (Wildman–Crippen LogP) is 0.827. The molecule has 0 amide bonds. The lowest BCUT2D eigenvalue weighted by molar-refractivity contribution is 0.0592. The van der Waals surface area contributed by atoms with Crippen LogP contribution in [0.3, 0.4) is 0 Å². The summed E-state index contributed by atoms with van der Waals surface area (Å²) in [5.74, 6) is 0.920. The fourth-order valence-corrected chi connectivity index (χ4v) is 2.36. The van der Waals surface area contributed by atoms with Gasteiger partial charge in [-0.3, -0.25) is 0 Å². The first-order valence-corrected chi connectivity index (χ1v) is 6.54. The summed E-state index contributed by atoms with van der Waals surface area (Å²) >= 11 is 0. The third-order valence-corrected chi connectivity index (χ3v) is 3.65. The van der Waals surface area contributed by atoms with Gasteiger partial charge < -0.3 is 15.4 Å². The van der Waals surface area contributed by atoms with Crippen molar-refractivity contribution < 1.29 is 9.53 Å². The van der Waals surface area contributed by atoms with Crippen LogP contribution in [0.5, 0.6) is 0 Å². The minimum absolute atomic E-state index is 0.233. The molecular weight excluding hydrogens is 244 g/mol. The van der Waals surface area contributed by atoms with Crippen molar-refractivity contribution in [1.82, 2.24) is 10.2 Å². The van der Waals surface area contributed by atoms with E-state index >= 15 is 0 Å². The molecule has 1 saturated heterocycles. The van der Waals surface area contributed by atoms with Gasteiger partial charge in [0.1, 0.15) is 0 Å². The molecule has 1 atom stereocenters. The normalized spacial score (nSPS) is 18.2. The summed E-state index contributed by atoms with van der Waals surface area (Å²) in [5, 5.41) is 7.97. The van der Waals surface area contributed by atoms with Gasteiger partial charge in [0.2, 0.25) is 0 Å². The van der Waals surface area contributed by atoms with Crippen LogP contribution in [0.2, 0.25) is 0 Å². The quantitative estimate of drug-likeness (QED) is 0.814. The van der Waals surface area contributed by atoms with E-state index in [9.17, 15) is 4.79 Å². The second-order valence-electron chi connectivity index (χ2n) is 4.95. The van der Waals surface area contributed by atoms with Gasteiger partial charge in [0.05, 0.1) is 7.11 Å². The minimum atomic E-state index is -0.463. The van der Waals surface area contributed by atoms with Gasteiger partial charge in [-0.15, -0.1) is 10.2 Å². The number of nitrogens with zero attached hydrogens (tertiary/aromatic N) is 3. The molecule has 0 aromatic carbocycles. The van der Waals surface area contributed by atoms with E-state index in [0.717, 1.165) is 31.7 Å². The molecule has 0 bridgehead atoms. The fraction of sp³-hybridized carbons (Fsp3) is 0.615. The minimum Gasteiger partial charge on any atom is -0.464 e. The molecular formula is C13H20N4O2. The van der Waals surface area contributed by atoms with E-state index in [0.29, 0.717) is 5.92 Å². The molecule has 0 saturated carbocycles. The standard InChI is InChI=1S/C13H20N4O2/c1-9(14)10-5-7-17(8-6-10)12-4-3-11(15-16-12)13(18)19-2/h3-4,9-10H,5-8,14H2,1-2H3. The van der Waals surface area contributed by atoms with Crippen molar-refractivity contribution >= 4 is 11.8 Å². The van der Waals surface area contributed by atoms with Crippen molar-refractivity contribution in [2.24, 2.45) is 11.7 Å². The number of anilines is 1. The van der Waals surface area contributed by atoms with Crippen molar-refractivity contribution in [2.45, 2.75) is 25.8 Å². The third kappa shape index (κ3) is 3.20. The Morgan fingerprint density at radius 1 is 1.42 bits per heavy atom. The number of ether oxygens (including phenoxy) is 1. The number of hydrogen-bond acceptors (Lipinski definition) is 6. The van der Waals surface area contributed by atoms with E-state index in [1.807, 2.05) is 6.07 Å². The van der Waals surface area contributed by atoms with E-state index in [1.54, 1.807) is 6.07 Å². The van der Waals surface area contributed by atoms with Gasteiger partial charge in [-0.2, -0.15) is 0 Å². The van der Waals surface area contributed by atoms with Gasteiger partial charge in [-0.25, -0.2) is 4.79 Å². The zero-order valence-corrected chi connectivity index (χ0v) is 11.4. The first-order valence-electron chi connectivity index (χ1n) is 6.54. The number of piperidine rings is 1. The SMILES string of the molecule is COC(=O)c1ccc(N2CCC(C(C)N)CC2)nn1. The van der Waals surface area contributed by atoms with Crippen molar-refractivity contribution in [2.75, 3.05) is 25.1 Å². The van der Waals surface area contributed by atoms with Gasteiger partial charge in [-0.1, -0.05) is 0 Å². The van der Waals surface area contributed by atoms with E-state index < -0.39 is 5.97 Å². The Bertz CT molecular complexity index is 425. The molecule has 2 rings (SSSR count). The molecule has 6 heteroatoms. The van der Waals surface area contributed by atoms with Gasteiger partial charge >= 0.3 is 5.97 Å². The average molecular weight is 264 g/mol. The zero-order chi connectivity index (χ0) is 13.8. The van der Waals surface area contributed by atoms with Gasteiger partial charge in [0.25, 0.3) is 0 Å². The Morgan fingerprint density at radius 2 is 2.11 bits per heavy atom. The molecule has 0 aliphatic carbocycles. The van der Waals surface area contributed by atoms with Crippen molar-refractivity contribution in [3.05, 3.63) is 17.8 Å². The van der Waals surface area contributed by atoms with Crippen LogP contribution < -0.4 is 10.6 Å². The lowest BCUT2D eigenvalue weighted by atomic mass is 9.91. The maximum Gasteiger partial charge on any atom is 0.358 e. The first-order chi connectivity index (χ1) is 9.11. The maximum atomic E-state index is 11.3. The summed E-state index contributed by atoms with van der Waals surface area (Å²) in [4.78, 5) is 13.4.